The van der Waals surface area contributed by atoms with Gasteiger partial charge in [-0.3, -0.25) is 4.79 Å². The summed E-state index contributed by atoms with van der Waals surface area (Å²) in [5.41, 5.74) is 0.239. The Morgan fingerprint density at radius 1 is 0.900 bits per heavy atom. The fourth-order valence-electron chi connectivity index (χ4n) is 1.39. The van der Waals surface area contributed by atoms with Crippen LogP contribution < -0.4 is 8.91 Å². The second-order valence-corrected chi connectivity index (χ2v) is 4.93. The van der Waals surface area contributed by atoms with E-state index in [1.54, 1.807) is 36.4 Å². The second kappa shape index (κ2) is 7.44. The molecule has 0 saturated heterocycles. The summed E-state index contributed by atoms with van der Waals surface area (Å²) in [5, 5.41) is 0. The molecule has 0 saturated carbocycles. The van der Waals surface area contributed by atoms with Gasteiger partial charge in [0.25, 0.3) is 5.91 Å². The maximum atomic E-state index is 11.7. The molecule has 2 rings (SSSR count). The molecule has 1 N–H and O–H groups in total. The fourth-order valence-corrected chi connectivity index (χ4v) is 2.14. The standard InChI is InChI=1S/C13H11NO4S.Na.H/c15-13(11-7-3-1-4-8-11)14-19(16,17)18-12-9-5-2-6-10-12;;/h1-10H,(H,14,15);;. The van der Waals surface area contributed by atoms with Crippen molar-refractivity contribution in [2.24, 2.45) is 0 Å². The van der Waals surface area contributed by atoms with Crippen molar-refractivity contribution in [2.45, 2.75) is 0 Å². The minimum absolute atomic E-state index is 0. The van der Waals surface area contributed by atoms with E-state index in [1.165, 1.54) is 24.3 Å². The number of carbonyl (C=O) groups excluding carboxylic acids is 1. The van der Waals surface area contributed by atoms with Crippen LogP contribution in [0.2, 0.25) is 0 Å². The van der Waals surface area contributed by atoms with Gasteiger partial charge in [-0.1, -0.05) is 36.4 Å². The Bertz CT molecular complexity index is 659. The van der Waals surface area contributed by atoms with Gasteiger partial charge in [-0.25, -0.2) is 4.72 Å². The number of benzene rings is 2. The number of para-hydroxylation sites is 1. The molecule has 100 valence electrons. The molecule has 0 aromatic heterocycles. The number of hydrogen-bond acceptors (Lipinski definition) is 4. The zero-order chi connectivity index (χ0) is 13.7. The van der Waals surface area contributed by atoms with E-state index in [0.717, 1.165) is 0 Å². The van der Waals surface area contributed by atoms with Crippen molar-refractivity contribution >= 4 is 45.8 Å². The predicted molar refractivity (Wildman–Crippen MR) is 77.0 cm³/mol. The van der Waals surface area contributed by atoms with Gasteiger partial charge in [0.15, 0.2) is 0 Å². The quantitative estimate of drug-likeness (QED) is 0.858. The zero-order valence-electron chi connectivity index (χ0n) is 9.81. The van der Waals surface area contributed by atoms with Crippen LogP contribution in [0.5, 0.6) is 5.75 Å². The van der Waals surface area contributed by atoms with Gasteiger partial charge >= 0.3 is 39.9 Å². The van der Waals surface area contributed by atoms with E-state index in [4.69, 9.17) is 4.18 Å². The molecule has 7 heteroatoms. The summed E-state index contributed by atoms with van der Waals surface area (Å²) in [6.45, 7) is 0. The van der Waals surface area contributed by atoms with Crippen molar-refractivity contribution in [3.8, 4) is 5.75 Å². The van der Waals surface area contributed by atoms with Crippen molar-refractivity contribution in [1.29, 1.82) is 0 Å². The Kier molecular flexibility index (Phi) is 6.22. The molecule has 0 atom stereocenters. The third-order valence-electron chi connectivity index (χ3n) is 2.20. The van der Waals surface area contributed by atoms with E-state index in [9.17, 15) is 13.2 Å². The van der Waals surface area contributed by atoms with E-state index in [1.807, 2.05) is 4.72 Å². The second-order valence-electron chi connectivity index (χ2n) is 3.65. The van der Waals surface area contributed by atoms with Gasteiger partial charge in [0.1, 0.15) is 5.75 Å². The van der Waals surface area contributed by atoms with Gasteiger partial charge in [-0.2, -0.15) is 8.42 Å². The van der Waals surface area contributed by atoms with Gasteiger partial charge in [0.2, 0.25) is 0 Å². The fraction of sp³-hybridized carbons (Fsp3) is 0. The predicted octanol–water partition coefficient (Wildman–Crippen LogP) is 1.09. The van der Waals surface area contributed by atoms with Gasteiger partial charge in [0.05, 0.1) is 0 Å². The minimum atomic E-state index is -4.18. The van der Waals surface area contributed by atoms with Gasteiger partial charge in [-0.15, -0.1) is 0 Å². The van der Waals surface area contributed by atoms with Crippen molar-refractivity contribution in [2.75, 3.05) is 0 Å². The Morgan fingerprint density at radius 2 is 1.40 bits per heavy atom. The summed E-state index contributed by atoms with van der Waals surface area (Å²) in [7, 11) is -4.18. The topological polar surface area (TPSA) is 72.5 Å². The summed E-state index contributed by atoms with van der Waals surface area (Å²) in [6, 6.07) is 16.0. The third-order valence-corrected chi connectivity index (χ3v) is 3.05. The summed E-state index contributed by atoms with van der Waals surface area (Å²) in [4.78, 5) is 11.7. The Hall–Kier alpha value is -1.34. The number of amides is 1. The monoisotopic (exact) mass is 301 g/mol. The number of nitrogens with one attached hydrogen (secondary N) is 1. The first-order valence-electron chi connectivity index (χ1n) is 5.43. The van der Waals surface area contributed by atoms with Crippen LogP contribution in [-0.4, -0.2) is 43.9 Å². The van der Waals surface area contributed by atoms with E-state index in [0.29, 0.717) is 0 Å². The molecular weight excluding hydrogens is 289 g/mol. The molecule has 0 fully saturated rings. The number of hydrogen-bond donors (Lipinski definition) is 1. The molecule has 1 amide bonds. The van der Waals surface area contributed by atoms with Crippen LogP contribution in [0.15, 0.2) is 60.7 Å². The third kappa shape index (κ3) is 4.97. The van der Waals surface area contributed by atoms with Crippen LogP contribution in [0.25, 0.3) is 0 Å². The summed E-state index contributed by atoms with van der Waals surface area (Å²) in [5.74, 6) is -0.604. The first-order chi connectivity index (χ1) is 9.07. The van der Waals surface area contributed by atoms with Crippen molar-refractivity contribution < 1.29 is 17.4 Å². The molecule has 0 aliphatic carbocycles. The molecule has 0 spiro atoms. The summed E-state index contributed by atoms with van der Waals surface area (Å²) < 4.78 is 29.8. The zero-order valence-corrected chi connectivity index (χ0v) is 10.6. The Morgan fingerprint density at radius 3 is 1.95 bits per heavy atom. The first-order valence-corrected chi connectivity index (χ1v) is 6.84. The van der Waals surface area contributed by atoms with Crippen LogP contribution in [0.4, 0.5) is 0 Å². The maximum absolute atomic E-state index is 11.7. The van der Waals surface area contributed by atoms with Crippen molar-refractivity contribution in [3.63, 3.8) is 0 Å². The molecule has 0 aliphatic rings. The van der Waals surface area contributed by atoms with Crippen LogP contribution in [0.3, 0.4) is 0 Å². The molecule has 0 unspecified atom stereocenters. The normalized spacial score (nSPS) is 10.2. The molecule has 5 nitrogen and oxygen atoms in total. The van der Waals surface area contributed by atoms with Crippen LogP contribution in [0.1, 0.15) is 10.4 Å². The van der Waals surface area contributed by atoms with Crippen LogP contribution in [0, 0.1) is 0 Å². The molecule has 0 heterocycles. The van der Waals surface area contributed by atoms with Crippen molar-refractivity contribution in [1.82, 2.24) is 4.72 Å². The van der Waals surface area contributed by atoms with E-state index >= 15 is 0 Å². The van der Waals surface area contributed by atoms with Gasteiger partial charge < -0.3 is 4.18 Å². The molecule has 2 aromatic carbocycles. The summed E-state index contributed by atoms with van der Waals surface area (Å²) in [6.07, 6.45) is 0. The van der Waals surface area contributed by atoms with Crippen LogP contribution in [-0.2, 0) is 10.3 Å². The average molecular weight is 301 g/mol. The SMILES string of the molecule is O=C(NS(=O)(=O)Oc1ccccc1)c1ccccc1.[NaH]. The van der Waals surface area contributed by atoms with Gasteiger partial charge in [0, 0.05) is 5.56 Å². The van der Waals surface area contributed by atoms with E-state index in [2.05, 4.69) is 0 Å². The first kappa shape index (κ1) is 16.7. The Balaban J connectivity index is 0.00000200. The van der Waals surface area contributed by atoms with Crippen molar-refractivity contribution in [3.05, 3.63) is 66.2 Å². The summed E-state index contributed by atoms with van der Waals surface area (Å²) >= 11 is 0. The molecule has 0 aliphatic heterocycles. The average Bonchev–Trinajstić information content (AvgIpc) is 2.39. The molecular formula is C13H12NNaO4S. The van der Waals surface area contributed by atoms with E-state index in [-0.39, 0.29) is 40.9 Å². The van der Waals surface area contributed by atoms with Crippen LogP contribution >= 0.6 is 0 Å². The van der Waals surface area contributed by atoms with Gasteiger partial charge in [-0.05, 0) is 24.3 Å². The molecule has 0 radical (unpaired) electrons. The number of carbonyl (C=O) groups is 1. The molecule has 0 bridgehead atoms. The Labute approximate surface area is 139 Å². The molecule has 2 aromatic rings. The number of rotatable bonds is 4. The van der Waals surface area contributed by atoms with E-state index < -0.39 is 16.2 Å². The molecule has 20 heavy (non-hydrogen) atoms.